The maximum atomic E-state index is 12.2. The Balaban J connectivity index is 1.77. The molecule has 0 bridgehead atoms. The summed E-state index contributed by atoms with van der Waals surface area (Å²) < 4.78 is 5.51. The van der Waals surface area contributed by atoms with E-state index in [0.29, 0.717) is 23.4 Å². The molecule has 0 aromatic rings. The van der Waals surface area contributed by atoms with Crippen LogP contribution in [0.3, 0.4) is 0 Å². The average Bonchev–Trinajstić information content (AvgIpc) is 2.75. The van der Waals surface area contributed by atoms with Gasteiger partial charge < -0.3 is 15.4 Å². The van der Waals surface area contributed by atoms with Crippen molar-refractivity contribution in [3.63, 3.8) is 0 Å². The van der Waals surface area contributed by atoms with Gasteiger partial charge in [-0.2, -0.15) is 0 Å². The van der Waals surface area contributed by atoms with Crippen LogP contribution in [0.15, 0.2) is 0 Å². The number of nitrogens with zero attached hydrogens (tertiary/aromatic N) is 1. The highest BCUT2D eigenvalue weighted by Gasteiger charge is 2.35. The van der Waals surface area contributed by atoms with Crippen LogP contribution >= 0.6 is 12.2 Å². The van der Waals surface area contributed by atoms with Crippen LogP contribution in [0.5, 0.6) is 0 Å². The number of likely N-dealkylation sites (tertiary alicyclic amines) is 1. The van der Waals surface area contributed by atoms with Crippen molar-refractivity contribution in [3.8, 4) is 0 Å². The third-order valence-electron chi connectivity index (χ3n) is 3.96. The van der Waals surface area contributed by atoms with E-state index < -0.39 is 0 Å². The van der Waals surface area contributed by atoms with Crippen molar-refractivity contribution in [3.05, 3.63) is 0 Å². The number of nitrogens with two attached hydrogens (primary N) is 1. The van der Waals surface area contributed by atoms with Crippen LogP contribution in [0.4, 0.5) is 0 Å². The number of amides is 1. The molecular formula is C13H22N2O2S. The number of carbonyl (C=O) groups is 1. The molecule has 2 aliphatic rings. The van der Waals surface area contributed by atoms with E-state index in [0.717, 1.165) is 38.8 Å². The highest BCUT2D eigenvalue weighted by atomic mass is 32.1. The van der Waals surface area contributed by atoms with E-state index in [-0.39, 0.29) is 11.9 Å². The number of ether oxygens (including phenoxy) is 1. The van der Waals surface area contributed by atoms with Crippen LogP contribution in [0.2, 0.25) is 0 Å². The molecule has 1 unspecified atom stereocenters. The fourth-order valence-electron chi connectivity index (χ4n) is 2.94. The second kappa shape index (κ2) is 5.97. The quantitative estimate of drug-likeness (QED) is 0.769. The minimum atomic E-state index is -0.00438. The Labute approximate surface area is 114 Å². The van der Waals surface area contributed by atoms with Crippen LogP contribution in [-0.2, 0) is 9.53 Å². The van der Waals surface area contributed by atoms with Gasteiger partial charge in [-0.15, -0.1) is 0 Å². The maximum absolute atomic E-state index is 12.2. The van der Waals surface area contributed by atoms with Gasteiger partial charge in [0.05, 0.1) is 17.1 Å². The Kier molecular flexibility index (Phi) is 4.56. The minimum Gasteiger partial charge on any atom is -0.392 e. The van der Waals surface area contributed by atoms with Crippen molar-refractivity contribution in [2.45, 2.75) is 51.2 Å². The molecule has 0 aromatic carbocycles. The molecule has 0 aromatic heterocycles. The van der Waals surface area contributed by atoms with E-state index in [1.165, 1.54) is 0 Å². The Hall–Kier alpha value is -0.680. The first-order valence-electron chi connectivity index (χ1n) is 6.82. The maximum Gasteiger partial charge on any atom is 0.223 e. The van der Waals surface area contributed by atoms with Crippen LogP contribution in [0.25, 0.3) is 0 Å². The van der Waals surface area contributed by atoms with E-state index in [4.69, 9.17) is 22.7 Å². The Bertz CT molecular complexity index is 329. The van der Waals surface area contributed by atoms with Gasteiger partial charge in [-0.05, 0) is 38.5 Å². The fraction of sp³-hybridized carbons (Fsp3) is 0.846. The first kappa shape index (κ1) is 13.7. The van der Waals surface area contributed by atoms with Crippen LogP contribution in [0.1, 0.15) is 39.0 Å². The summed E-state index contributed by atoms with van der Waals surface area (Å²) >= 11 is 5.02. The summed E-state index contributed by atoms with van der Waals surface area (Å²) in [5.41, 5.74) is 5.68. The molecule has 4 nitrogen and oxygen atoms in total. The zero-order chi connectivity index (χ0) is 13.1. The third kappa shape index (κ3) is 3.01. The molecule has 1 atom stereocenters. The number of hydrogen-bond acceptors (Lipinski definition) is 3. The van der Waals surface area contributed by atoms with Crippen molar-refractivity contribution in [2.24, 2.45) is 11.7 Å². The van der Waals surface area contributed by atoms with Gasteiger partial charge in [0.25, 0.3) is 0 Å². The molecule has 2 N–H and O–H groups in total. The molecule has 18 heavy (non-hydrogen) atoms. The highest BCUT2D eigenvalue weighted by Crippen LogP contribution is 2.34. The number of thiocarbonyl (C=S) groups is 1. The summed E-state index contributed by atoms with van der Waals surface area (Å²) in [5.74, 6) is 0.701. The standard InChI is InChI=1S/C13H22N2O2S/c1-2-17-10-6-9(7-10)8-12(16)15-5-3-4-11(15)13(14)18/h9-11H,2-8H2,1H3,(H2,14,18). The van der Waals surface area contributed by atoms with E-state index in [2.05, 4.69) is 0 Å². The molecule has 5 heteroatoms. The molecule has 1 aliphatic carbocycles. The highest BCUT2D eigenvalue weighted by molar-refractivity contribution is 7.80. The average molecular weight is 270 g/mol. The van der Waals surface area contributed by atoms with E-state index >= 15 is 0 Å². The minimum absolute atomic E-state index is 0.00438. The van der Waals surface area contributed by atoms with Crippen molar-refractivity contribution >= 4 is 23.1 Å². The van der Waals surface area contributed by atoms with Crippen LogP contribution < -0.4 is 5.73 Å². The van der Waals surface area contributed by atoms with Gasteiger partial charge in [0.15, 0.2) is 0 Å². The molecule has 0 spiro atoms. The molecular weight excluding hydrogens is 248 g/mol. The molecule has 1 saturated heterocycles. The van der Waals surface area contributed by atoms with Crippen molar-refractivity contribution in [1.82, 2.24) is 4.90 Å². The fourth-order valence-corrected chi connectivity index (χ4v) is 3.18. The molecule has 1 heterocycles. The summed E-state index contributed by atoms with van der Waals surface area (Å²) in [5, 5.41) is 0. The molecule has 2 fully saturated rings. The third-order valence-corrected chi connectivity index (χ3v) is 4.23. The van der Waals surface area contributed by atoms with Gasteiger partial charge in [0.1, 0.15) is 0 Å². The van der Waals surface area contributed by atoms with Crippen LogP contribution in [0, 0.1) is 5.92 Å². The second-order valence-corrected chi connectivity index (χ2v) is 5.74. The van der Waals surface area contributed by atoms with Gasteiger partial charge in [0, 0.05) is 19.6 Å². The zero-order valence-corrected chi connectivity index (χ0v) is 11.7. The van der Waals surface area contributed by atoms with E-state index in [1.807, 2.05) is 11.8 Å². The normalized spacial score (nSPS) is 31.2. The smallest absolute Gasteiger partial charge is 0.223 e. The van der Waals surface area contributed by atoms with Gasteiger partial charge in [-0.1, -0.05) is 12.2 Å². The second-order valence-electron chi connectivity index (χ2n) is 5.27. The predicted molar refractivity (Wildman–Crippen MR) is 74.3 cm³/mol. The summed E-state index contributed by atoms with van der Waals surface area (Å²) in [4.78, 5) is 14.5. The lowest BCUT2D eigenvalue weighted by molar-refractivity contribution is -0.134. The monoisotopic (exact) mass is 270 g/mol. The zero-order valence-electron chi connectivity index (χ0n) is 10.9. The number of hydrogen-bond donors (Lipinski definition) is 1. The Morgan fingerprint density at radius 2 is 2.22 bits per heavy atom. The molecule has 0 radical (unpaired) electrons. The summed E-state index contributed by atoms with van der Waals surface area (Å²) in [6, 6.07) is -0.00438. The SMILES string of the molecule is CCOC1CC(CC(=O)N2CCCC2C(N)=S)C1. The largest absolute Gasteiger partial charge is 0.392 e. The predicted octanol–water partition coefficient (Wildman–Crippen LogP) is 1.47. The van der Waals surface area contributed by atoms with Gasteiger partial charge in [-0.3, -0.25) is 4.79 Å². The molecule has 2 rings (SSSR count). The van der Waals surface area contributed by atoms with E-state index in [9.17, 15) is 4.79 Å². The Morgan fingerprint density at radius 3 is 2.83 bits per heavy atom. The Morgan fingerprint density at radius 1 is 1.50 bits per heavy atom. The summed E-state index contributed by atoms with van der Waals surface area (Å²) in [7, 11) is 0. The lowest BCUT2D eigenvalue weighted by atomic mass is 9.79. The van der Waals surface area contributed by atoms with Crippen molar-refractivity contribution in [2.75, 3.05) is 13.2 Å². The molecule has 1 aliphatic heterocycles. The first-order valence-corrected chi connectivity index (χ1v) is 7.23. The summed E-state index contributed by atoms with van der Waals surface area (Å²) in [6.07, 6.45) is 4.98. The molecule has 1 amide bonds. The van der Waals surface area contributed by atoms with Gasteiger partial charge >= 0.3 is 0 Å². The van der Waals surface area contributed by atoms with Gasteiger partial charge in [0.2, 0.25) is 5.91 Å². The lowest BCUT2D eigenvalue weighted by Gasteiger charge is -2.36. The van der Waals surface area contributed by atoms with Gasteiger partial charge in [-0.25, -0.2) is 0 Å². The molecule has 1 saturated carbocycles. The summed E-state index contributed by atoms with van der Waals surface area (Å²) in [6.45, 7) is 3.58. The molecule has 102 valence electrons. The first-order chi connectivity index (χ1) is 8.61. The van der Waals surface area contributed by atoms with Crippen LogP contribution in [-0.4, -0.2) is 41.1 Å². The van der Waals surface area contributed by atoms with Crippen molar-refractivity contribution < 1.29 is 9.53 Å². The lowest BCUT2D eigenvalue weighted by Crippen LogP contribution is -2.44. The topological polar surface area (TPSA) is 55.6 Å². The number of carbonyl (C=O) groups excluding carboxylic acids is 1. The van der Waals surface area contributed by atoms with Crippen molar-refractivity contribution in [1.29, 1.82) is 0 Å². The van der Waals surface area contributed by atoms with E-state index in [1.54, 1.807) is 0 Å². The number of rotatable bonds is 5.